The van der Waals surface area contributed by atoms with Gasteiger partial charge in [-0.25, -0.2) is 0 Å². The Morgan fingerprint density at radius 2 is 1.96 bits per heavy atom. The molecule has 23 heavy (non-hydrogen) atoms. The van der Waals surface area contributed by atoms with E-state index in [4.69, 9.17) is 4.74 Å². The van der Waals surface area contributed by atoms with Crippen LogP contribution in [0.15, 0.2) is 30.3 Å². The minimum Gasteiger partial charge on any atom is -0.381 e. The Kier molecular flexibility index (Phi) is 5.25. The van der Waals surface area contributed by atoms with Crippen molar-refractivity contribution < 1.29 is 4.74 Å². The zero-order chi connectivity index (χ0) is 16.1. The summed E-state index contributed by atoms with van der Waals surface area (Å²) in [5.74, 6) is 0. The molecule has 5 nitrogen and oxygen atoms in total. The van der Waals surface area contributed by atoms with E-state index in [-0.39, 0.29) is 5.54 Å². The van der Waals surface area contributed by atoms with Gasteiger partial charge >= 0.3 is 0 Å². The molecule has 1 aromatic heterocycles. The second kappa shape index (κ2) is 7.38. The minimum absolute atomic E-state index is 0.0209. The highest BCUT2D eigenvalue weighted by molar-refractivity contribution is 7.15. The van der Waals surface area contributed by atoms with Crippen LogP contribution in [0.25, 0.3) is 0 Å². The first-order valence-corrected chi connectivity index (χ1v) is 8.93. The van der Waals surface area contributed by atoms with Crippen LogP contribution in [0.1, 0.15) is 36.4 Å². The standard InChI is InChI=1S/C17H24N4OS/c1-13(15-6-4-3-5-7-15)19-17(8-10-22-11-9-17)12-18-16-21-20-14(2)23-16/h3-7,13,19H,8-12H2,1-2H3,(H,18,21). The average molecular weight is 332 g/mol. The lowest BCUT2D eigenvalue weighted by Gasteiger charge is -2.40. The van der Waals surface area contributed by atoms with E-state index < -0.39 is 0 Å². The number of aryl methyl sites for hydroxylation is 1. The molecule has 0 spiro atoms. The van der Waals surface area contributed by atoms with E-state index in [9.17, 15) is 0 Å². The minimum atomic E-state index is 0.0209. The van der Waals surface area contributed by atoms with Gasteiger partial charge in [0.05, 0.1) is 0 Å². The van der Waals surface area contributed by atoms with E-state index in [1.165, 1.54) is 5.56 Å². The number of rotatable bonds is 6. The summed E-state index contributed by atoms with van der Waals surface area (Å²) < 4.78 is 5.58. The van der Waals surface area contributed by atoms with Crippen LogP contribution in [0, 0.1) is 6.92 Å². The van der Waals surface area contributed by atoms with E-state index >= 15 is 0 Å². The van der Waals surface area contributed by atoms with Crippen molar-refractivity contribution in [3.8, 4) is 0 Å². The van der Waals surface area contributed by atoms with Gasteiger partial charge < -0.3 is 15.4 Å². The normalized spacial score (nSPS) is 18.5. The average Bonchev–Trinajstić information content (AvgIpc) is 3.00. The summed E-state index contributed by atoms with van der Waals surface area (Å²) in [4.78, 5) is 0. The van der Waals surface area contributed by atoms with Crippen molar-refractivity contribution in [2.24, 2.45) is 0 Å². The Balaban J connectivity index is 1.68. The molecule has 2 aromatic rings. The van der Waals surface area contributed by atoms with Crippen LogP contribution in [-0.4, -0.2) is 35.5 Å². The second-order valence-electron chi connectivity index (χ2n) is 6.15. The first-order chi connectivity index (χ1) is 11.2. The lowest BCUT2D eigenvalue weighted by atomic mass is 9.88. The molecule has 2 N–H and O–H groups in total. The van der Waals surface area contributed by atoms with Crippen LogP contribution in [-0.2, 0) is 4.74 Å². The number of hydrogen-bond acceptors (Lipinski definition) is 6. The Morgan fingerprint density at radius 1 is 1.22 bits per heavy atom. The van der Waals surface area contributed by atoms with Crippen LogP contribution < -0.4 is 10.6 Å². The molecule has 0 bridgehead atoms. The molecule has 1 unspecified atom stereocenters. The molecule has 1 fully saturated rings. The summed E-state index contributed by atoms with van der Waals surface area (Å²) in [6, 6.07) is 10.9. The summed E-state index contributed by atoms with van der Waals surface area (Å²) in [7, 11) is 0. The summed E-state index contributed by atoms with van der Waals surface area (Å²) in [6.45, 7) is 6.63. The van der Waals surface area contributed by atoms with Crippen LogP contribution >= 0.6 is 11.3 Å². The third-order valence-electron chi connectivity index (χ3n) is 4.38. The monoisotopic (exact) mass is 332 g/mol. The highest BCUT2D eigenvalue weighted by atomic mass is 32.1. The van der Waals surface area contributed by atoms with Crippen molar-refractivity contribution >= 4 is 16.5 Å². The zero-order valence-corrected chi connectivity index (χ0v) is 14.5. The summed E-state index contributed by atoms with van der Waals surface area (Å²) >= 11 is 1.60. The fourth-order valence-corrected chi connectivity index (χ4v) is 3.62. The Morgan fingerprint density at radius 3 is 2.61 bits per heavy atom. The molecule has 124 valence electrons. The van der Waals surface area contributed by atoms with Crippen molar-refractivity contribution in [3.63, 3.8) is 0 Å². The highest BCUT2D eigenvalue weighted by Gasteiger charge is 2.34. The maximum Gasteiger partial charge on any atom is 0.205 e. The van der Waals surface area contributed by atoms with Crippen LogP contribution in [0.2, 0.25) is 0 Å². The molecular weight excluding hydrogens is 308 g/mol. The van der Waals surface area contributed by atoms with Gasteiger partial charge in [-0.1, -0.05) is 41.7 Å². The number of aromatic nitrogens is 2. The largest absolute Gasteiger partial charge is 0.381 e. The van der Waals surface area contributed by atoms with Gasteiger partial charge in [-0.05, 0) is 32.3 Å². The topological polar surface area (TPSA) is 59.1 Å². The highest BCUT2D eigenvalue weighted by Crippen LogP contribution is 2.26. The number of anilines is 1. The van der Waals surface area contributed by atoms with Gasteiger partial charge in [-0.15, -0.1) is 10.2 Å². The fourth-order valence-electron chi connectivity index (χ4n) is 3.03. The van der Waals surface area contributed by atoms with Gasteiger partial charge in [0.2, 0.25) is 5.13 Å². The van der Waals surface area contributed by atoms with Gasteiger partial charge in [-0.3, -0.25) is 0 Å². The molecule has 1 aliphatic heterocycles. The first kappa shape index (κ1) is 16.4. The van der Waals surface area contributed by atoms with Gasteiger partial charge in [0.15, 0.2) is 0 Å². The predicted octanol–water partition coefficient (Wildman–Crippen LogP) is 3.16. The van der Waals surface area contributed by atoms with E-state index in [0.29, 0.717) is 6.04 Å². The maximum atomic E-state index is 5.58. The summed E-state index contributed by atoms with van der Waals surface area (Å²) in [6.07, 6.45) is 1.99. The summed E-state index contributed by atoms with van der Waals surface area (Å²) in [5, 5.41) is 17.4. The third kappa shape index (κ3) is 4.28. The quantitative estimate of drug-likeness (QED) is 0.851. The number of nitrogens with zero attached hydrogens (tertiary/aromatic N) is 2. The van der Waals surface area contributed by atoms with Gasteiger partial charge in [0.25, 0.3) is 0 Å². The van der Waals surface area contributed by atoms with Gasteiger partial charge in [-0.2, -0.15) is 0 Å². The maximum absolute atomic E-state index is 5.58. The zero-order valence-electron chi connectivity index (χ0n) is 13.7. The van der Waals surface area contributed by atoms with E-state index in [2.05, 4.69) is 58.1 Å². The Bertz CT molecular complexity index is 610. The molecule has 3 rings (SSSR count). The Hall–Kier alpha value is -1.50. The molecule has 2 heterocycles. The molecule has 1 aromatic carbocycles. The molecular formula is C17H24N4OS. The fraction of sp³-hybridized carbons (Fsp3) is 0.529. The molecule has 6 heteroatoms. The van der Waals surface area contributed by atoms with Crippen LogP contribution in [0.3, 0.4) is 0 Å². The van der Waals surface area contributed by atoms with Crippen LogP contribution in [0.5, 0.6) is 0 Å². The SMILES string of the molecule is Cc1nnc(NCC2(NC(C)c3ccccc3)CCOCC2)s1. The molecule has 0 saturated carbocycles. The molecule has 0 amide bonds. The number of benzene rings is 1. The number of nitrogens with one attached hydrogen (secondary N) is 2. The van der Waals surface area contributed by atoms with Crippen molar-refractivity contribution in [1.82, 2.24) is 15.5 Å². The molecule has 0 aliphatic carbocycles. The van der Waals surface area contributed by atoms with Crippen molar-refractivity contribution in [3.05, 3.63) is 40.9 Å². The lowest BCUT2D eigenvalue weighted by molar-refractivity contribution is 0.0389. The molecule has 0 radical (unpaired) electrons. The summed E-state index contributed by atoms with van der Waals surface area (Å²) in [5.41, 5.74) is 1.33. The number of hydrogen-bond donors (Lipinski definition) is 2. The molecule has 1 saturated heterocycles. The van der Waals surface area contributed by atoms with Gasteiger partial charge in [0, 0.05) is 31.3 Å². The smallest absolute Gasteiger partial charge is 0.205 e. The van der Waals surface area contributed by atoms with Crippen molar-refractivity contribution in [2.75, 3.05) is 25.1 Å². The van der Waals surface area contributed by atoms with Crippen LogP contribution in [0.4, 0.5) is 5.13 Å². The van der Waals surface area contributed by atoms with E-state index in [1.54, 1.807) is 11.3 Å². The van der Waals surface area contributed by atoms with Crippen molar-refractivity contribution in [1.29, 1.82) is 0 Å². The van der Waals surface area contributed by atoms with E-state index in [0.717, 1.165) is 42.7 Å². The Labute approximate surface area is 141 Å². The second-order valence-corrected chi connectivity index (χ2v) is 7.33. The lowest BCUT2D eigenvalue weighted by Crippen LogP contribution is -2.54. The van der Waals surface area contributed by atoms with Gasteiger partial charge in [0.1, 0.15) is 5.01 Å². The third-order valence-corrected chi connectivity index (χ3v) is 5.17. The first-order valence-electron chi connectivity index (χ1n) is 8.11. The molecule has 1 aliphatic rings. The molecule has 1 atom stereocenters. The number of ether oxygens (including phenoxy) is 1. The predicted molar refractivity (Wildman–Crippen MR) is 93.9 cm³/mol. The van der Waals surface area contributed by atoms with E-state index in [1.807, 2.05) is 6.92 Å². The van der Waals surface area contributed by atoms with Crippen molar-refractivity contribution in [2.45, 2.75) is 38.3 Å².